The summed E-state index contributed by atoms with van der Waals surface area (Å²) in [6, 6.07) is 13.5. The van der Waals surface area contributed by atoms with Crippen LogP contribution in [0.5, 0.6) is 5.75 Å². The molecule has 1 saturated carbocycles. The number of hydrogen-bond acceptors (Lipinski definition) is 7. The predicted octanol–water partition coefficient (Wildman–Crippen LogP) is 4.42. The number of ether oxygens (including phenoxy) is 2. The van der Waals surface area contributed by atoms with Crippen molar-refractivity contribution in [1.82, 2.24) is 0 Å². The van der Waals surface area contributed by atoms with Gasteiger partial charge in [0, 0.05) is 29.0 Å². The van der Waals surface area contributed by atoms with Crippen LogP contribution in [0.3, 0.4) is 0 Å². The van der Waals surface area contributed by atoms with E-state index in [0.29, 0.717) is 43.7 Å². The van der Waals surface area contributed by atoms with Crippen molar-refractivity contribution in [3.8, 4) is 11.8 Å². The van der Waals surface area contributed by atoms with Crippen molar-refractivity contribution >= 4 is 30.1 Å². The van der Waals surface area contributed by atoms with Gasteiger partial charge in [0.25, 0.3) is 0 Å². The first-order chi connectivity index (χ1) is 19.0. The van der Waals surface area contributed by atoms with E-state index in [9.17, 15) is 14.9 Å². The minimum absolute atomic E-state index is 0.0735. The molecule has 0 bridgehead atoms. The Hall–Kier alpha value is -3.35. The van der Waals surface area contributed by atoms with Crippen LogP contribution in [0.4, 0.5) is 5.69 Å². The number of nitrogens with zero attached hydrogens (tertiary/aromatic N) is 1. The van der Waals surface area contributed by atoms with Gasteiger partial charge in [-0.05, 0) is 89.5 Å². The quantitative estimate of drug-likeness (QED) is 0.387. The summed E-state index contributed by atoms with van der Waals surface area (Å²) in [4.78, 5) is 25.4. The standard InChI is InChI=1S/C31H37BN2O6/c1-6-37-27(35)9-7-8-21-11-10-20(19-33)16-25(21)34-28(36)24-18-31(24)14-15-38-26-13-12-22(17-23(26)31)32-39-29(2,3)30(4,5)40-32/h10-13,16-17,24H,6-9,14-15,18H2,1-5H3,(H,34,36)/t24-,31-/m0/s1. The van der Waals surface area contributed by atoms with Crippen LogP contribution in [0.1, 0.15) is 77.0 Å². The molecule has 1 saturated heterocycles. The highest BCUT2D eigenvalue weighted by Crippen LogP contribution is 2.61. The van der Waals surface area contributed by atoms with E-state index in [1.54, 1.807) is 19.1 Å². The highest BCUT2D eigenvalue weighted by atomic mass is 16.7. The molecule has 0 unspecified atom stereocenters. The molecule has 0 aromatic heterocycles. The number of hydrogen-bond donors (Lipinski definition) is 1. The second-order valence-electron chi connectivity index (χ2n) is 12.0. The summed E-state index contributed by atoms with van der Waals surface area (Å²) >= 11 is 0. The van der Waals surface area contributed by atoms with Crippen LogP contribution in [0.15, 0.2) is 36.4 Å². The zero-order valence-electron chi connectivity index (χ0n) is 24.0. The molecule has 2 fully saturated rings. The molecule has 40 heavy (non-hydrogen) atoms. The molecule has 2 atom stereocenters. The Morgan fingerprint density at radius 2 is 1.88 bits per heavy atom. The van der Waals surface area contributed by atoms with E-state index in [0.717, 1.165) is 35.2 Å². The summed E-state index contributed by atoms with van der Waals surface area (Å²) in [5, 5.41) is 12.6. The van der Waals surface area contributed by atoms with Crippen LogP contribution in [0, 0.1) is 17.2 Å². The lowest BCUT2D eigenvalue weighted by Gasteiger charge is -2.32. The van der Waals surface area contributed by atoms with Crippen LogP contribution in [-0.4, -0.2) is 43.4 Å². The number of esters is 1. The molecule has 8 nitrogen and oxygen atoms in total. The van der Waals surface area contributed by atoms with Gasteiger partial charge in [0.2, 0.25) is 5.91 Å². The van der Waals surface area contributed by atoms with E-state index < -0.39 is 18.3 Å². The minimum atomic E-state index is -0.494. The Kier molecular flexibility index (Phi) is 7.45. The maximum atomic E-state index is 13.6. The molecule has 5 rings (SSSR count). The summed E-state index contributed by atoms with van der Waals surface area (Å²) in [5.41, 5.74) is 2.71. The van der Waals surface area contributed by atoms with Crippen LogP contribution >= 0.6 is 0 Å². The Balaban J connectivity index is 1.34. The number of rotatable bonds is 8. The molecule has 1 amide bonds. The van der Waals surface area contributed by atoms with Crippen LogP contribution < -0.4 is 15.5 Å². The van der Waals surface area contributed by atoms with Crippen LogP contribution in [-0.2, 0) is 35.5 Å². The van der Waals surface area contributed by atoms with Gasteiger partial charge in [0.1, 0.15) is 5.75 Å². The second kappa shape index (κ2) is 10.6. The van der Waals surface area contributed by atoms with Gasteiger partial charge in [-0.1, -0.05) is 18.2 Å². The molecule has 2 aliphatic heterocycles. The van der Waals surface area contributed by atoms with E-state index in [1.165, 1.54) is 0 Å². The predicted molar refractivity (Wildman–Crippen MR) is 151 cm³/mol. The van der Waals surface area contributed by atoms with Gasteiger partial charge in [-0.3, -0.25) is 9.59 Å². The van der Waals surface area contributed by atoms with Gasteiger partial charge in [0.05, 0.1) is 36.0 Å². The van der Waals surface area contributed by atoms with Crippen molar-refractivity contribution in [2.24, 2.45) is 5.92 Å². The Labute approximate surface area is 236 Å². The monoisotopic (exact) mass is 544 g/mol. The SMILES string of the molecule is CCOC(=O)CCCc1ccc(C#N)cc1NC(=O)[C@@H]1C[C@]12CCOc1ccc(B3OC(C)(C)C(C)(C)O3)cc12. The minimum Gasteiger partial charge on any atom is -0.493 e. The van der Waals surface area contributed by atoms with E-state index in [4.69, 9.17) is 18.8 Å². The molecule has 2 aromatic rings. The molecule has 0 radical (unpaired) electrons. The zero-order chi connectivity index (χ0) is 28.7. The second-order valence-corrected chi connectivity index (χ2v) is 12.0. The van der Waals surface area contributed by atoms with Gasteiger partial charge in [-0.25, -0.2) is 0 Å². The van der Waals surface area contributed by atoms with Crippen molar-refractivity contribution < 1.29 is 28.4 Å². The van der Waals surface area contributed by atoms with E-state index in [2.05, 4.69) is 17.5 Å². The molecule has 1 spiro atoms. The number of carbonyl (C=O) groups is 2. The van der Waals surface area contributed by atoms with E-state index in [1.807, 2.05) is 45.9 Å². The summed E-state index contributed by atoms with van der Waals surface area (Å²) < 4.78 is 23.6. The average Bonchev–Trinajstić information content (AvgIpc) is 3.57. The molecule has 9 heteroatoms. The van der Waals surface area contributed by atoms with Crippen molar-refractivity contribution in [2.75, 3.05) is 18.5 Å². The number of benzene rings is 2. The Morgan fingerprint density at radius 3 is 2.58 bits per heavy atom. The lowest BCUT2D eigenvalue weighted by molar-refractivity contribution is -0.143. The van der Waals surface area contributed by atoms with Crippen LogP contribution in [0.2, 0.25) is 0 Å². The Morgan fingerprint density at radius 1 is 1.12 bits per heavy atom. The number of carbonyl (C=O) groups excluding carboxylic acids is 2. The number of aryl methyl sites for hydroxylation is 1. The van der Waals surface area contributed by atoms with Crippen molar-refractivity contribution in [2.45, 2.75) is 83.3 Å². The number of anilines is 1. The zero-order valence-corrected chi connectivity index (χ0v) is 24.0. The third-order valence-electron chi connectivity index (χ3n) is 8.89. The summed E-state index contributed by atoms with van der Waals surface area (Å²) in [6.07, 6.45) is 2.94. The maximum absolute atomic E-state index is 13.6. The van der Waals surface area contributed by atoms with Gasteiger partial charge < -0.3 is 24.1 Å². The summed E-state index contributed by atoms with van der Waals surface area (Å²) in [7, 11) is -0.494. The maximum Gasteiger partial charge on any atom is 0.494 e. The first-order valence-electron chi connectivity index (χ1n) is 14.1. The first kappa shape index (κ1) is 28.2. The fourth-order valence-electron chi connectivity index (χ4n) is 5.75. The molecule has 2 aromatic carbocycles. The fraction of sp³-hybridized carbons (Fsp3) is 0.516. The molecule has 3 aliphatic rings. The topological polar surface area (TPSA) is 107 Å². The van der Waals surface area contributed by atoms with Gasteiger partial charge in [-0.15, -0.1) is 0 Å². The molecule has 210 valence electrons. The van der Waals surface area contributed by atoms with Crippen molar-refractivity contribution in [3.05, 3.63) is 53.1 Å². The van der Waals surface area contributed by atoms with E-state index >= 15 is 0 Å². The van der Waals surface area contributed by atoms with Gasteiger partial charge >= 0.3 is 13.1 Å². The molecular formula is C31H37BN2O6. The smallest absolute Gasteiger partial charge is 0.493 e. The number of nitriles is 1. The molecular weight excluding hydrogens is 507 g/mol. The lowest BCUT2D eigenvalue weighted by atomic mass is 9.75. The normalized spacial score (nSPS) is 23.6. The third-order valence-corrected chi connectivity index (χ3v) is 8.89. The van der Waals surface area contributed by atoms with Gasteiger partial charge in [-0.2, -0.15) is 5.26 Å². The fourth-order valence-corrected chi connectivity index (χ4v) is 5.75. The highest BCUT2D eigenvalue weighted by Gasteiger charge is 2.61. The van der Waals surface area contributed by atoms with E-state index in [-0.39, 0.29) is 23.2 Å². The largest absolute Gasteiger partial charge is 0.494 e. The average molecular weight is 544 g/mol. The van der Waals surface area contributed by atoms with Crippen LogP contribution in [0.25, 0.3) is 0 Å². The molecule has 1 N–H and O–H groups in total. The number of nitrogens with one attached hydrogen (secondary N) is 1. The molecule has 2 heterocycles. The highest BCUT2D eigenvalue weighted by molar-refractivity contribution is 6.62. The third kappa shape index (κ3) is 5.23. The Bertz CT molecular complexity index is 1350. The van der Waals surface area contributed by atoms with Gasteiger partial charge in [0.15, 0.2) is 0 Å². The summed E-state index contributed by atoms with van der Waals surface area (Å²) in [5.74, 6) is 0.269. The molecule has 1 aliphatic carbocycles. The van der Waals surface area contributed by atoms with Crippen molar-refractivity contribution in [3.63, 3.8) is 0 Å². The lowest BCUT2D eigenvalue weighted by Crippen LogP contribution is -2.41. The first-order valence-corrected chi connectivity index (χ1v) is 14.1. The number of amides is 1. The number of fused-ring (bicyclic) bond motifs is 2. The summed E-state index contributed by atoms with van der Waals surface area (Å²) in [6.45, 7) is 10.8. The van der Waals surface area contributed by atoms with Crippen molar-refractivity contribution in [1.29, 1.82) is 5.26 Å².